The van der Waals surface area contributed by atoms with Crippen LogP contribution in [0.3, 0.4) is 0 Å². The van der Waals surface area contributed by atoms with Crippen LogP contribution in [0.4, 0.5) is 10.5 Å². The lowest BCUT2D eigenvalue weighted by molar-refractivity contribution is 0.223. The second-order valence-electron chi connectivity index (χ2n) is 5.13. The second kappa shape index (κ2) is 7.51. The van der Waals surface area contributed by atoms with Gasteiger partial charge in [0.25, 0.3) is 0 Å². The van der Waals surface area contributed by atoms with Crippen LogP contribution in [0.25, 0.3) is 0 Å². The predicted molar refractivity (Wildman–Crippen MR) is 89.2 cm³/mol. The van der Waals surface area contributed by atoms with Gasteiger partial charge in [0.1, 0.15) is 18.1 Å². The van der Waals surface area contributed by atoms with Crippen LogP contribution in [0.15, 0.2) is 42.5 Å². The predicted octanol–water partition coefficient (Wildman–Crippen LogP) is 2.87. The third-order valence-corrected chi connectivity index (χ3v) is 3.39. The number of carbonyl (C=O) groups is 1. The van der Waals surface area contributed by atoms with Crippen molar-refractivity contribution < 1.29 is 14.6 Å². The highest BCUT2D eigenvalue weighted by Crippen LogP contribution is 2.26. The number of nitrogens with one attached hydrogen (secondary N) is 1. The van der Waals surface area contributed by atoms with Gasteiger partial charge >= 0.3 is 6.03 Å². The standard InChI is InChI=1S/C17H21N3O3/c1-3-12-10-14(21)8-9-16(12)23-11-13-6-4-5-7-15(13)19-17(22)20(2)18/h4-10,21H,3,11,18H2,1-2H3,(H,19,22). The first-order valence-electron chi connectivity index (χ1n) is 7.33. The molecule has 0 fully saturated rings. The van der Waals surface area contributed by atoms with Crippen molar-refractivity contribution in [3.8, 4) is 11.5 Å². The number of hydrazine groups is 1. The second-order valence-corrected chi connectivity index (χ2v) is 5.13. The zero-order valence-electron chi connectivity index (χ0n) is 13.2. The average molecular weight is 315 g/mol. The molecule has 0 radical (unpaired) electrons. The topological polar surface area (TPSA) is 87.8 Å². The third-order valence-electron chi connectivity index (χ3n) is 3.39. The summed E-state index contributed by atoms with van der Waals surface area (Å²) in [5.41, 5.74) is 2.40. The van der Waals surface area contributed by atoms with E-state index in [9.17, 15) is 9.90 Å². The molecule has 0 aliphatic carbocycles. The molecule has 0 heterocycles. The molecule has 2 amide bonds. The Hall–Kier alpha value is -2.73. The van der Waals surface area contributed by atoms with Crippen LogP contribution in [0.5, 0.6) is 11.5 Å². The number of hydrogen-bond donors (Lipinski definition) is 3. The molecule has 4 N–H and O–H groups in total. The molecule has 2 aromatic rings. The van der Waals surface area contributed by atoms with Gasteiger partial charge in [-0.1, -0.05) is 25.1 Å². The number of para-hydroxylation sites is 1. The molecule has 0 unspecified atom stereocenters. The summed E-state index contributed by atoms with van der Waals surface area (Å²) in [6.07, 6.45) is 0.750. The molecule has 122 valence electrons. The quantitative estimate of drug-likeness (QED) is 0.450. The van der Waals surface area contributed by atoms with E-state index in [1.807, 2.05) is 25.1 Å². The Kier molecular flexibility index (Phi) is 5.43. The highest BCUT2D eigenvalue weighted by Gasteiger charge is 2.10. The molecule has 6 heteroatoms. The summed E-state index contributed by atoms with van der Waals surface area (Å²) in [4.78, 5) is 11.7. The van der Waals surface area contributed by atoms with Gasteiger partial charge < -0.3 is 15.2 Å². The van der Waals surface area contributed by atoms with Gasteiger partial charge in [0.15, 0.2) is 0 Å². The van der Waals surface area contributed by atoms with Gasteiger partial charge in [-0.2, -0.15) is 0 Å². The summed E-state index contributed by atoms with van der Waals surface area (Å²) in [6.45, 7) is 2.29. The van der Waals surface area contributed by atoms with Gasteiger partial charge in [-0.05, 0) is 36.2 Å². The van der Waals surface area contributed by atoms with Crippen molar-refractivity contribution >= 4 is 11.7 Å². The number of anilines is 1. The summed E-state index contributed by atoms with van der Waals surface area (Å²) in [5.74, 6) is 6.34. The molecule has 0 atom stereocenters. The van der Waals surface area contributed by atoms with Gasteiger partial charge in [-0.15, -0.1) is 0 Å². The molecule has 2 rings (SSSR count). The van der Waals surface area contributed by atoms with Crippen LogP contribution in [-0.2, 0) is 13.0 Å². The minimum atomic E-state index is -0.406. The molecule has 0 aromatic heterocycles. The number of aryl methyl sites for hydroxylation is 1. The smallest absolute Gasteiger partial charge is 0.335 e. The molecule has 0 bridgehead atoms. The number of nitrogens with zero attached hydrogens (tertiary/aromatic N) is 1. The Morgan fingerprint density at radius 1 is 1.26 bits per heavy atom. The van der Waals surface area contributed by atoms with Crippen molar-refractivity contribution in [3.05, 3.63) is 53.6 Å². The molecule has 0 aliphatic rings. The van der Waals surface area contributed by atoms with E-state index in [1.54, 1.807) is 24.3 Å². The zero-order valence-corrected chi connectivity index (χ0v) is 13.2. The molecular formula is C17H21N3O3. The summed E-state index contributed by atoms with van der Waals surface area (Å²) >= 11 is 0. The number of rotatable bonds is 5. The Morgan fingerprint density at radius 2 is 2.00 bits per heavy atom. The van der Waals surface area contributed by atoms with E-state index in [0.717, 1.165) is 22.6 Å². The van der Waals surface area contributed by atoms with Crippen LogP contribution >= 0.6 is 0 Å². The Morgan fingerprint density at radius 3 is 2.70 bits per heavy atom. The summed E-state index contributed by atoms with van der Waals surface area (Å²) in [5, 5.41) is 13.2. The number of carbonyl (C=O) groups excluding carboxylic acids is 1. The SMILES string of the molecule is CCc1cc(O)ccc1OCc1ccccc1NC(=O)N(C)N. The summed E-state index contributed by atoms with van der Waals surface area (Å²) < 4.78 is 5.84. The third kappa shape index (κ3) is 4.37. The van der Waals surface area contributed by atoms with E-state index in [2.05, 4.69) is 5.32 Å². The minimum Gasteiger partial charge on any atom is -0.508 e. The van der Waals surface area contributed by atoms with E-state index in [1.165, 1.54) is 7.05 Å². The minimum absolute atomic E-state index is 0.216. The lowest BCUT2D eigenvalue weighted by atomic mass is 10.1. The lowest BCUT2D eigenvalue weighted by Gasteiger charge is -2.16. The Labute approximate surface area is 135 Å². The number of ether oxygens (including phenoxy) is 1. The van der Waals surface area contributed by atoms with Crippen LogP contribution in [0.2, 0.25) is 0 Å². The van der Waals surface area contributed by atoms with Crippen molar-refractivity contribution in [1.29, 1.82) is 0 Å². The molecule has 0 saturated carbocycles. The number of benzene rings is 2. The van der Waals surface area contributed by atoms with Crippen LogP contribution in [0, 0.1) is 0 Å². The van der Waals surface area contributed by atoms with Gasteiger partial charge in [0.2, 0.25) is 0 Å². The maximum Gasteiger partial charge on any atom is 0.335 e. The molecule has 0 spiro atoms. The Bertz CT molecular complexity index is 687. The first-order chi connectivity index (χ1) is 11.0. The van der Waals surface area contributed by atoms with Crippen molar-refractivity contribution in [2.75, 3.05) is 12.4 Å². The van der Waals surface area contributed by atoms with Crippen molar-refractivity contribution in [1.82, 2.24) is 5.01 Å². The van der Waals surface area contributed by atoms with Crippen LogP contribution in [0.1, 0.15) is 18.1 Å². The molecular weight excluding hydrogens is 294 g/mol. The summed E-state index contributed by atoms with van der Waals surface area (Å²) in [6, 6.07) is 12.0. The summed E-state index contributed by atoms with van der Waals surface area (Å²) in [7, 11) is 1.47. The number of urea groups is 1. The fourth-order valence-corrected chi connectivity index (χ4v) is 2.11. The highest BCUT2D eigenvalue weighted by molar-refractivity contribution is 5.89. The largest absolute Gasteiger partial charge is 0.508 e. The maximum atomic E-state index is 11.7. The molecule has 6 nitrogen and oxygen atoms in total. The molecule has 0 saturated heterocycles. The van der Waals surface area contributed by atoms with E-state index in [0.29, 0.717) is 18.0 Å². The highest BCUT2D eigenvalue weighted by atomic mass is 16.5. The molecule has 0 aliphatic heterocycles. The van der Waals surface area contributed by atoms with E-state index >= 15 is 0 Å². The van der Waals surface area contributed by atoms with Crippen molar-refractivity contribution in [3.63, 3.8) is 0 Å². The first-order valence-corrected chi connectivity index (χ1v) is 7.33. The van der Waals surface area contributed by atoms with Gasteiger partial charge in [0, 0.05) is 18.3 Å². The van der Waals surface area contributed by atoms with Crippen LogP contribution in [-0.4, -0.2) is 23.2 Å². The van der Waals surface area contributed by atoms with Gasteiger partial charge in [0.05, 0.1) is 0 Å². The normalized spacial score (nSPS) is 10.2. The van der Waals surface area contributed by atoms with Crippen molar-refractivity contribution in [2.24, 2.45) is 5.84 Å². The molecule has 2 aromatic carbocycles. The number of phenols is 1. The lowest BCUT2D eigenvalue weighted by Crippen LogP contribution is -2.37. The average Bonchev–Trinajstić information content (AvgIpc) is 2.54. The first kappa shape index (κ1) is 16.6. The van der Waals surface area contributed by atoms with E-state index in [-0.39, 0.29) is 5.75 Å². The van der Waals surface area contributed by atoms with Gasteiger partial charge in [-0.3, -0.25) is 5.01 Å². The molecule has 23 heavy (non-hydrogen) atoms. The van der Waals surface area contributed by atoms with Crippen LogP contribution < -0.4 is 15.9 Å². The fourth-order valence-electron chi connectivity index (χ4n) is 2.11. The maximum absolute atomic E-state index is 11.7. The Balaban J connectivity index is 2.13. The number of hydrogen-bond acceptors (Lipinski definition) is 4. The zero-order chi connectivity index (χ0) is 16.8. The van der Waals surface area contributed by atoms with Crippen molar-refractivity contribution in [2.45, 2.75) is 20.0 Å². The van der Waals surface area contributed by atoms with E-state index in [4.69, 9.17) is 10.6 Å². The number of amides is 2. The number of aromatic hydroxyl groups is 1. The number of phenolic OH excluding ortho intramolecular Hbond substituents is 1. The number of nitrogens with two attached hydrogens (primary N) is 1. The van der Waals surface area contributed by atoms with Gasteiger partial charge in [-0.25, -0.2) is 10.6 Å². The van der Waals surface area contributed by atoms with E-state index < -0.39 is 6.03 Å². The fraction of sp³-hybridized carbons (Fsp3) is 0.235. The monoisotopic (exact) mass is 315 g/mol.